The Morgan fingerprint density at radius 1 is 1.33 bits per heavy atom. The van der Waals surface area contributed by atoms with Crippen molar-refractivity contribution in [2.45, 2.75) is 32.1 Å². The van der Waals surface area contributed by atoms with Crippen LogP contribution < -0.4 is 5.32 Å². The number of allylic oxidation sites excluding steroid dienone is 4. The fourth-order valence-electron chi connectivity index (χ4n) is 3.34. The van der Waals surface area contributed by atoms with Crippen LogP contribution in [0.5, 0.6) is 0 Å². The molecule has 124 valence electrons. The Kier molecular flexibility index (Phi) is 4.81. The third-order valence-electron chi connectivity index (χ3n) is 4.34. The number of dihydropyridines is 1. The number of nitriles is 1. The highest BCUT2D eigenvalue weighted by Crippen LogP contribution is 2.44. The highest BCUT2D eigenvalue weighted by atomic mass is 16.6. The van der Waals surface area contributed by atoms with E-state index in [0.29, 0.717) is 35.2 Å². The number of nitrogens with one attached hydrogen (secondary N) is 1. The van der Waals surface area contributed by atoms with Gasteiger partial charge in [-0.1, -0.05) is 18.2 Å². The van der Waals surface area contributed by atoms with Gasteiger partial charge in [-0.15, -0.1) is 0 Å². The minimum Gasteiger partial charge on any atom is -0.412 e. The topological polar surface area (TPSA) is 128 Å². The zero-order valence-electron chi connectivity index (χ0n) is 13.1. The lowest BCUT2D eigenvalue weighted by Gasteiger charge is -2.32. The average Bonchev–Trinajstić information content (AvgIpc) is 2.53. The maximum absolute atomic E-state index is 12.5. The lowest BCUT2D eigenvalue weighted by atomic mass is 9.75. The van der Waals surface area contributed by atoms with Crippen LogP contribution >= 0.6 is 0 Å². The number of carbonyl (C=O) groups excluding carboxylic acids is 1. The van der Waals surface area contributed by atoms with Gasteiger partial charge in [0.2, 0.25) is 0 Å². The molecule has 1 atom stereocenters. The van der Waals surface area contributed by atoms with Crippen LogP contribution in [0.2, 0.25) is 0 Å². The van der Waals surface area contributed by atoms with Gasteiger partial charge in [-0.05, 0) is 19.8 Å². The fraction of sp³-hybridized carbons (Fsp3) is 0.294. The van der Waals surface area contributed by atoms with E-state index in [-0.39, 0.29) is 16.9 Å². The van der Waals surface area contributed by atoms with Crippen LogP contribution in [-0.2, 0) is 4.79 Å². The molecule has 3 rings (SSSR count). The van der Waals surface area contributed by atoms with Crippen LogP contribution in [0.4, 0.5) is 5.69 Å². The molecule has 1 aliphatic heterocycles. The molecule has 3 N–H and O–H groups in total. The van der Waals surface area contributed by atoms with E-state index in [0.717, 1.165) is 12.1 Å². The van der Waals surface area contributed by atoms with Crippen LogP contribution in [0.3, 0.4) is 0 Å². The number of nitrogens with zero attached hydrogens (tertiary/aromatic N) is 2. The number of benzene rings is 1. The Hall–Kier alpha value is -2.98. The van der Waals surface area contributed by atoms with Crippen LogP contribution in [0.1, 0.15) is 37.7 Å². The minimum atomic E-state index is -0.661. The molecule has 2 aliphatic rings. The highest BCUT2D eigenvalue weighted by Gasteiger charge is 2.38. The minimum absolute atomic E-state index is 0. The molecule has 0 saturated carbocycles. The van der Waals surface area contributed by atoms with Crippen molar-refractivity contribution >= 4 is 11.5 Å². The van der Waals surface area contributed by atoms with E-state index in [1.165, 1.54) is 6.07 Å². The van der Waals surface area contributed by atoms with E-state index in [1.54, 1.807) is 25.1 Å². The molecule has 24 heavy (non-hydrogen) atoms. The summed E-state index contributed by atoms with van der Waals surface area (Å²) in [6.45, 7) is 1.77. The van der Waals surface area contributed by atoms with Gasteiger partial charge in [0, 0.05) is 35.0 Å². The van der Waals surface area contributed by atoms with E-state index < -0.39 is 10.8 Å². The van der Waals surface area contributed by atoms with Crippen molar-refractivity contribution in [1.29, 1.82) is 5.26 Å². The Labute approximate surface area is 138 Å². The van der Waals surface area contributed by atoms with Crippen molar-refractivity contribution in [3.8, 4) is 6.07 Å². The molecule has 7 heteroatoms. The Morgan fingerprint density at radius 2 is 2.04 bits per heavy atom. The number of hydrogen-bond acceptors (Lipinski definition) is 5. The number of nitro benzene ring substituents is 1. The van der Waals surface area contributed by atoms with Crippen molar-refractivity contribution in [3.63, 3.8) is 0 Å². The fourth-order valence-corrected chi connectivity index (χ4v) is 3.34. The summed E-state index contributed by atoms with van der Waals surface area (Å²) in [4.78, 5) is 23.4. The number of Topliss-reactive ketones (excluding diaryl/α,β-unsaturated/α-hetero) is 1. The summed E-state index contributed by atoms with van der Waals surface area (Å²) in [7, 11) is 0. The molecule has 1 heterocycles. The molecule has 1 unspecified atom stereocenters. The van der Waals surface area contributed by atoms with Crippen molar-refractivity contribution in [1.82, 2.24) is 5.32 Å². The number of nitro groups is 1. The second kappa shape index (κ2) is 6.64. The van der Waals surface area contributed by atoms with Crippen molar-refractivity contribution < 1.29 is 15.2 Å². The maximum Gasteiger partial charge on any atom is 0.273 e. The quantitative estimate of drug-likeness (QED) is 0.658. The van der Waals surface area contributed by atoms with Gasteiger partial charge >= 0.3 is 0 Å². The highest BCUT2D eigenvalue weighted by molar-refractivity contribution is 6.00. The SMILES string of the molecule is CC1=C(C#N)C(c2ccccc2[N+](=O)[O-])C2=C(CCCC2=O)N1.O. The second-order valence-electron chi connectivity index (χ2n) is 5.69. The Bertz CT molecular complexity index is 817. The van der Waals surface area contributed by atoms with Gasteiger partial charge in [0.15, 0.2) is 5.78 Å². The van der Waals surface area contributed by atoms with Crippen molar-refractivity contribution in [2.24, 2.45) is 0 Å². The van der Waals surface area contributed by atoms with Crippen LogP contribution in [0.15, 0.2) is 46.8 Å². The number of ketones is 1. The molecular weight excluding hydrogens is 310 g/mol. The summed E-state index contributed by atoms with van der Waals surface area (Å²) in [5.74, 6) is -0.701. The third-order valence-corrected chi connectivity index (χ3v) is 4.34. The Balaban J connectivity index is 0.00000208. The molecule has 0 aromatic heterocycles. The molecular formula is C17H17N3O4. The summed E-state index contributed by atoms with van der Waals surface area (Å²) >= 11 is 0. The predicted octanol–water partition coefficient (Wildman–Crippen LogP) is 2.26. The largest absolute Gasteiger partial charge is 0.412 e. The van der Waals surface area contributed by atoms with Crippen molar-refractivity contribution in [2.75, 3.05) is 0 Å². The van der Waals surface area contributed by atoms with Gasteiger partial charge in [-0.2, -0.15) is 5.26 Å². The molecule has 0 saturated heterocycles. The van der Waals surface area contributed by atoms with E-state index in [2.05, 4.69) is 11.4 Å². The maximum atomic E-state index is 12.5. The number of rotatable bonds is 2. The summed E-state index contributed by atoms with van der Waals surface area (Å²) < 4.78 is 0. The zero-order valence-corrected chi connectivity index (χ0v) is 13.1. The number of carbonyl (C=O) groups is 1. The molecule has 0 fully saturated rings. The monoisotopic (exact) mass is 327 g/mol. The Morgan fingerprint density at radius 3 is 2.71 bits per heavy atom. The van der Waals surface area contributed by atoms with Gasteiger partial charge in [-0.3, -0.25) is 14.9 Å². The zero-order chi connectivity index (χ0) is 16.6. The molecule has 0 spiro atoms. The molecule has 1 aromatic rings. The molecule has 0 bridgehead atoms. The van der Waals surface area contributed by atoms with Crippen LogP contribution in [-0.4, -0.2) is 16.2 Å². The lowest BCUT2D eigenvalue weighted by Crippen LogP contribution is -2.31. The first-order valence-electron chi connectivity index (χ1n) is 7.42. The standard InChI is InChI=1S/C17H15N3O3.H2O/c1-10-12(9-18)16(11-5-2-3-7-14(11)20(22)23)17-13(19-10)6-4-8-15(17)21;/h2-3,5,7,16,19H,4,6,8H2,1H3;1H2. The van der Waals surface area contributed by atoms with Gasteiger partial charge in [0.25, 0.3) is 5.69 Å². The second-order valence-corrected chi connectivity index (χ2v) is 5.69. The smallest absolute Gasteiger partial charge is 0.273 e. The number of para-hydroxylation sites is 1. The summed E-state index contributed by atoms with van der Waals surface area (Å²) in [6.07, 6.45) is 1.88. The van der Waals surface area contributed by atoms with E-state index >= 15 is 0 Å². The van der Waals surface area contributed by atoms with Gasteiger partial charge < -0.3 is 10.8 Å². The van der Waals surface area contributed by atoms with Crippen molar-refractivity contribution in [3.05, 3.63) is 62.5 Å². The summed E-state index contributed by atoms with van der Waals surface area (Å²) in [5.41, 5.74) is 2.66. The van der Waals surface area contributed by atoms with Gasteiger partial charge in [0.05, 0.1) is 22.5 Å². The summed E-state index contributed by atoms with van der Waals surface area (Å²) in [5, 5.41) is 24.1. The van der Waals surface area contributed by atoms with E-state index in [4.69, 9.17) is 0 Å². The lowest BCUT2D eigenvalue weighted by molar-refractivity contribution is -0.385. The van der Waals surface area contributed by atoms with Crippen LogP contribution in [0.25, 0.3) is 0 Å². The van der Waals surface area contributed by atoms with Crippen LogP contribution in [0, 0.1) is 21.4 Å². The molecule has 1 aromatic carbocycles. The predicted molar refractivity (Wildman–Crippen MR) is 86.8 cm³/mol. The van der Waals surface area contributed by atoms with Gasteiger partial charge in [0.1, 0.15) is 0 Å². The van der Waals surface area contributed by atoms with E-state index in [1.807, 2.05) is 0 Å². The third kappa shape index (κ3) is 2.68. The first-order valence-corrected chi connectivity index (χ1v) is 7.42. The first-order chi connectivity index (χ1) is 11.0. The van der Waals surface area contributed by atoms with E-state index in [9.17, 15) is 20.2 Å². The summed E-state index contributed by atoms with van der Waals surface area (Å²) in [6, 6.07) is 8.46. The van der Waals surface area contributed by atoms with Gasteiger partial charge in [-0.25, -0.2) is 0 Å². The molecule has 0 radical (unpaired) electrons. The normalized spacial score (nSPS) is 19.8. The molecule has 0 amide bonds. The first kappa shape index (κ1) is 17.4. The average molecular weight is 327 g/mol. The number of hydrogen-bond donors (Lipinski definition) is 1. The molecule has 1 aliphatic carbocycles. The molecule has 7 nitrogen and oxygen atoms in total.